The van der Waals surface area contributed by atoms with E-state index in [9.17, 15) is 0 Å². The predicted molar refractivity (Wildman–Crippen MR) is 83.5 cm³/mol. The van der Waals surface area contributed by atoms with E-state index < -0.39 is 0 Å². The van der Waals surface area contributed by atoms with Gasteiger partial charge >= 0.3 is 0 Å². The van der Waals surface area contributed by atoms with E-state index in [0.717, 1.165) is 38.1 Å². The molecule has 0 amide bonds. The van der Waals surface area contributed by atoms with Gasteiger partial charge in [-0.05, 0) is 25.7 Å². The van der Waals surface area contributed by atoms with Crippen molar-refractivity contribution >= 4 is 17.8 Å². The molecule has 1 saturated heterocycles. The first kappa shape index (κ1) is 14.8. The molecule has 1 aromatic rings. The third-order valence-corrected chi connectivity index (χ3v) is 3.47. The summed E-state index contributed by atoms with van der Waals surface area (Å²) in [6.45, 7) is 10.5. The van der Waals surface area contributed by atoms with Crippen molar-refractivity contribution in [3.05, 3.63) is 0 Å². The van der Waals surface area contributed by atoms with Gasteiger partial charge in [-0.1, -0.05) is 13.8 Å². The minimum atomic E-state index is 0.583. The molecule has 6 nitrogen and oxygen atoms in total. The van der Waals surface area contributed by atoms with Crippen molar-refractivity contribution in [2.75, 3.05) is 48.3 Å². The molecule has 112 valence electrons. The second-order valence-corrected chi connectivity index (χ2v) is 5.64. The van der Waals surface area contributed by atoms with Crippen LogP contribution in [0.4, 0.5) is 17.8 Å². The van der Waals surface area contributed by atoms with Gasteiger partial charge in [0.05, 0.1) is 0 Å². The monoisotopic (exact) mass is 278 g/mol. The highest BCUT2D eigenvalue weighted by Crippen LogP contribution is 2.20. The average Bonchev–Trinajstić information content (AvgIpc) is 2.98. The van der Waals surface area contributed by atoms with Crippen LogP contribution in [0.1, 0.15) is 33.6 Å². The SMILES string of the molecule is CCN(CC(C)C)c1nc(NC)nc(N2CCCC2)n1. The lowest BCUT2D eigenvalue weighted by atomic mass is 10.2. The van der Waals surface area contributed by atoms with E-state index in [2.05, 4.69) is 50.8 Å². The van der Waals surface area contributed by atoms with E-state index in [0.29, 0.717) is 11.9 Å². The molecule has 0 aromatic carbocycles. The lowest BCUT2D eigenvalue weighted by molar-refractivity contribution is 0.608. The second kappa shape index (κ2) is 6.72. The summed E-state index contributed by atoms with van der Waals surface area (Å²) in [4.78, 5) is 18.1. The zero-order valence-electron chi connectivity index (χ0n) is 13.1. The Morgan fingerprint density at radius 1 is 1.20 bits per heavy atom. The van der Waals surface area contributed by atoms with Crippen LogP contribution in [0.3, 0.4) is 0 Å². The van der Waals surface area contributed by atoms with Crippen LogP contribution in [0.5, 0.6) is 0 Å². The predicted octanol–water partition coefficient (Wildman–Crippen LogP) is 2.00. The molecular formula is C14H26N6. The van der Waals surface area contributed by atoms with Crippen LogP contribution in [-0.2, 0) is 0 Å². The quantitative estimate of drug-likeness (QED) is 0.859. The zero-order valence-corrected chi connectivity index (χ0v) is 13.1. The fourth-order valence-corrected chi connectivity index (χ4v) is 2.46. The Bertz CT molecular complexity index is 428. The first-order valence-electron chi connectivity index (χ1n) is 7.57. The average molecular weight is 278 g/mol. The van der Waals surface area contributed by atoms with Crippen LogP contribution < -0.4 is 15.1 Å². The Kier molecular flexibility index (Phi) is 4.98. The van der Waals surface area contributed by atoms with Gasteiger partial charge in [-0.15, -0.1) is 0 Å². The van der Waals surface area contributed by atoms with Gasteiger partial charge in [-0.2, -0.15) is 15.0 Å². The van der Waals surface area contributed by atoms with Crippen LogP contribution in [0, 0.1) is 5.92 Å². The molecule has 0 radical (unpaired) electrons. The van der Waals surface area contributed by atoms with Crippen LogP contribution >= 0.6 is 0 Å². The summed E-state index contributed by atoms with van der Waals surface area (Å²) in [5.74, 6) is 2.82. The number of rotatable bonds is 6. The summed E-state index contributed by atoms with van der Waals surface area (Å²) in [6, 6.07) is 0. The van der Waals surface area contributed by atoms with E-state index in [4.69, 9.17) is 0 Å². The normalized spacial score (nSPS) is 14.9. The molecule has 1 fully saturated rings. The smallest absolute Gasteiger partial charge is 0.231 e. The third-order valence-electron chi connectivity index (χ3n) is 3.47. The van der Waals surface area contributed by atoms with E-state index in [1.807, 2.05) is 7.05 Å². The summed E-state index contributed by atoms with van der Waals surface area (Å²) in [7, 11) is 1.85. The molecule has 0 unspecified atom stereocenters. The fourth-order valence-electron chi connectivity index (χ4n) is 2.46. The lowest BCUT2D eigenvalue weighted by Crippen LogP contribution is -2.30. The molecule has 0 spiro atoms. The van der Waals surface area contributed by atoms with Crippen molar-refractivity contribution in [2.45, 2.75) is 33.6 Å². The third kappa shape index (κ3) is 3.49. The van der Waals surface area contributed by atoms with Crippen LogP contribution in [0.2, 0.25) is 0 Å². The van der Waals surface area contributed by atoms with Gasteiger partial charge in [0.15, 0.2) is 0 Å². The van der Waals surface area contributed by atoms with E-state index in [1.165, 1.54) is 12.8 Å². The maximum absolute atomic E-state index is 4.68. The molecule has 2 rings (SSSR count). The van der Waals surface area contributed by atoms with E-state index >= 15 is 0 Å². The van der Waals surface area contributed by atoms with Crippen molar-refractivity contribution in [2.24, 2.45) is 5.92 Å². The lowest BCUT2D eigenvalue weighted by Gasteiger charge is -2.24. The van der Waals surface area contributed by atoms with Crippen LogP contribution in [0.15, 0.2) is 0 Å². The zero-order chi connectivity index (χ0) is 14.5. The highest BCUT2D eigenvalue weighted by Gasteiger charge is 2.19. The first-order valence-corrected chi connectivity index (χ1v) is 7.57. The van der Waals surface area contributed by atoms with Gasteiger partial charge in [-0.25, -0.2) is 0 Å². The van der Waals surface area contributed by atoms with Gasteiger partial charge in [-0.3, -0.25) is 0 Å². The molecule has 2 heterocycles. The number of nitrogens with zero attached hydrogens (tertiary/aromatic N) is 5. The van der Waals surface area contributed by atoms with Gasteiger partial charge in [0, 0.05) is 33.2 Å². The molecule has 1 aromatic heterocycles. The highest BCUT2D eigenvalue weighted by molar-refractivity contribution is 5.45. The standard InChI is InChI=1S/C14H26N6/c1-5-19(10-11(2)3)13-16-12(15-4)17-14(18-13)20-8-6-7-9-20/h11H,5-10H2,1-4H3,(H,15,16,17,18). The van der Waals surface area contributed by atoms with Crippen LogP contribution in [-0.4, -0.2) is 48.2 Å². The molecule has 1 aliphatic rings. The summed E-state index contributed by atoms with van der Waals surface area (Å²) in [5.41, 5.74) is 0. The van der Waals surface area contributed by atoms with Gasteiger partial charge in [0.1, 0.15) is 0 Å². The van der Waals surface area contributed by atoms with Crippen molar-refractivity contribution in [3.8, 4) is 0 Å². The molecular weight excluding hydrogens is 252 g/mol. The maximum Gasteiger partial charge on any atom is 0.231 e. The molecule has 0 saturated carbocycles. The highest BCUT2D eigenvalue weighted by atomic mass is 15.4. The van der Waals surface area contributed by atoms with Gasteiger partial charge in [0.25, 0.3) is 0 Å². The minimum Gasteiger partial charge on any atom is -0.357 e. The van der Waals surface area contributed by atoms with Crippen molar-refractivity contribution in [1.82, 2.24) is 15.0 Å². The van der Waals surface area contributed by atoms with E-state index in [1.54, 1.807) is 0 Å². The first-order chi connectivity index (χ1) is 9.63. The number of anilines is 3. The number of nitrogens with one attached hydrogen (secondary N) is 1. The van der Waals surface area contributed by atoms with Crippen molar-refractivity contribution < 1.29 is 0 Å². The van der Waals surface area contributed by atoms with Crippen molar-refractivity contribution in [3.63, 3.8) is 0 Å². The van der Waals surface area contributed by atoms with Crippen molar-refractivity contribution in [1.29, 1.82) is 0 Å². The number of hydrogen-bond acceptors (Lipinski definition) is 6. The molecule has 20 heavy (non-hydrogen) atoms. The molecule has 0 bridgehead atoms. The molecule has 1 aliphatic heterocycles. The largest absolute Gasteiger partial charge is 0.357 e. The van der Waals surface area contributed by atoms with E-state index in [-0.39, 0.29) is 0 Å². The summed E-state index contributed by atoms with van der Waals surface area (Å²) >= 11 is 0. The number of hydrogen-bond donors (Lipinski definition) is 1. The fraction of sp³-hybridized carbons (Fsp3) is 0.786. The Labute approximate surface area is 121 Å². The second-order valence-electron chi connectivity index (χ2n) is 5.64. The Hall–Kier alpha value is -1.59. The van der Waals surface area contributed by atoms with Gasteiger partial charge in [0.2, 0.25) is 17.8 Å². The molecule has 0 atom stereocenters. The minimum absolute atomic E-state index is 0.583. The van der Waals surface area contributed by atoms with Crippen LogP contribution in [0.25, 0.3) is 0 Å². The summed E-state index contributed by atoms with van der Waals surface area (Å²) in [6.07, 6.45) is 2.44. The summed E-state index contributed by atoms with van der Waals surface area (Å²) in [5, 5.41) is 3.05. The molecule has 6 heteroatoms. The molecule has 0 aliphatic carbocycles. The Morgan fingerprint density at radius 3 is 2.45 bits per heavy atom. The Morgan fingerprint density at radius 2 is 1.90 bits per heavy atom. The Balaban J connectivity index is 2.28. The van der Waals surface area contributed by atoms with Gasteiger partial charge < -0.3 is 15.1 Å². The number of aromatic nitrogens is 3. The summed E-state index contributed by atoms with van der Waals surface area (Å²) < 4.78 is 0. The molecule has 1 N–H and O–H groups in total. The topological polar surface area (TPSA) is 57.2 Å². The maximum atomic E-state index is 4.68.